The molecule has 1 atom stereocenters. The Kier molecular flexibility index (Phi) is 3.06. The molecule has 2 fully saturated rings. The van der Waals surface area contributed by atoms with Gasteiger partial charge in [0.05, 0.1) is 0 Å². The quantitative estimate of drug-likeness (QED) is 0.718. The lowest BCUT2D eigenvalue weighted by Gasteiger charge is -2.36. The Morgan fingerprint density at radius 1 is 1.29 bits per heavy atom. The third-order valence-electron chi connectivity index (χ3n) is 3.54. The number of carbonyl (C=O) groups excluding carboxylic acids is 1. The van der Waals surface area contributed by atoms with Gasteiger partial charge >= 0.3 is 0 Å². The first-order valence-electron chi connectivity index (χ1n) is 5.71. The Morgan fingerprint density at radius 3 is 2.64 bits per heavy atom. The molecule has 80 valence electrons. The highest BCUT2D eigenvalue weighted by Gasteiger charge is 2.31. The van der Waals surface area contributed by atoms with Gasteiger partial charge in [-0.3, -0.25) is 4.79 Å². The van der Waals surface area contributed by atoms with Gasteiger partial charge in [-0.05, 0) is 31.6 Å². The van der Waals surface area contributed by atoms with Crippen LogP contribution < -0.4 is 0 Å². The minimum atomic E-state index is 0.231. The monoisotopic (exact) mass is 197 g/mol. The Hall–Kier alpha value is -0.570. The van der Waals surface area contributed by atoms with E-state index in [0.717, 1.165) is 38.8 Å². The summed E-state index contributed by atoms with van der Waals surface area (Å²) in [4.78, 5) is 13.9. The molecule has 0 aromatic heterocycles. The molecule has 1 saturated carbocycles. The number of aliphatic hydroxyl groups excluding tert-OH is 1. The summed E-state index contributed by atoms with van der Waals surface area (Å²) in [5, 5.41) is 9.06. The smallest absolute Gasteiger partial charge is 0.225 e. The normalized spacial score (nSPS) is 28.6. The first-order chi connectivity index (χ1) is 6.81. The molecule has 2 rings (SSSR count). The zero-order chi connectivity index (χ0) is 9.97. The predicted octanol–water partition coefficient (Wildman–Crippen LogP) is 1.02. The van der Waals surface area contributed by atoms with Crippen molar-refractivity contribution in [2.24, 2.45) is 11.8 Å². The summed E-state index contributed by atoms with van der Waals surface area (Å²) in [6, 6.07) is 0. The van der Waals surface area contributed by atoms with E-state index in [-0.39, 0.29) is 6.61 Å². The van der Waals surface area contributed by atoms with Crippen LogP contribution in [0.1, 0.15) is 32.1 Å². The minimum absolute atomic E-state index is 0.231. The third-order valence-corrected chi connectivity index (χ3v) is 3.54. The van der Waals surface area contributed by atoms with Crippen LogP contribution in [0, 0.1) is 11.8 Å². The van der Waals surface area contributed by atoms with E-state index in [4.69, 9.17) is 5.11 Å². The maximum Gasteiger partial charge on any atom is 0.225 e. The van der Waals surface area contributed by atoms with Crippen LogP contribution in [0.4, 0.5) is 0 Å². The van der Waals surface area contributed by atoms with E-state index in [1.807, 2.05) is 4.90 Å². The van der Waals surface area contributed by atoms with E-state index in [1.165, 1.54) is 6.42 Å². The summed E-state index contributed by atoms with van der Waals surface area (Å²) in [6.45, 7) is 1.92. The number of rotatable bonds is 2. The predicted molar refractivity (Wildman–Crippen MR) is 53.7 cm³/mol. The van der Waals surface area contributed by atoms with E-state index in [9.17, 15) is 4.79 Å². The molecule has 3 heteroatoms. The van der Waals surface area contributed by atoms with Crippen molar-refractivity contribution in [1.82, 2.24) is 4.90 Å². The van der Waals surface area contributed by atoms with Gasteiger partial charge in [-0.2, -0.15) is 0 Å². The maximum atomic E-state index is 11.9. The van der Waals surface area contributed by atoms with Crippen LogP contribution in [0.15, 0.2) is 0 Å². The zero-order valence-corrected chi connectivity index (χ0v) is 8.61. The first kappa shape index (κ1) is 9.97. The molecule has 2 aliphatic rings. The largest absolute Gasteiger partial charge is 0.396 e. The van der Waals surface area contributed by atoms with Crippen LogP contribution in [0.3, 0.4) is 0 Å². The molecule has 1 heterocycles. The number of hydrogen-bond donors (Lipinski definition) is 1. The van der Waals surface area contributed by atoms with Gasteiger partial charge in [0.2, 0.25) is 5.91 Å². The summed E-state index contributed by atoms with van der Waals surface area (Å²) in [7, 11) is 0. The van der Waals surface area contributed by atoms with Gasteiger partial charge in [-0.15, -0.1) is 0 Å². The number of likely N-dealkylation sites (tertiary alicyclic amines) is 1. The summed E-state index contributed by atoms with van der Waals surface area (Å²) in [5.74, 6) is 0.981. The molecule has 1 amide bonds. The SMILES string of the molecule is O=C(C1CCC1)N1CCCC(CO)C1. The molecule has 0 bridgehead atoms. The molecule has 1 unspecified atom stereocenters. The molecule has 1 saturated heterocycles. The zero-order valence-electron chi connectivity index (χ0n) is 8.61. The second-order valence-corrected chi connectivity index (χ2v) is 4.60. The first-order valence-corrected chi connectivity index (χ1v) is 5.71. The molecule has 0 aromatic rings. The lowest BCUT2D eigenvalue weighted by molar-refractivity contribution is -0.140. The van der Waals surface area contributed by atoms with Crippen LogP contribution in [0.2, 0.25) is 0 Å². The van der Waals surface area contributed by atoms with E-state index >= 15 is 0 Å². The van der Waals surface area contributed by atoms with Crippen molar-refractivity contribution in [2.45, 2.75) is 32.1 Å². The van der Waals surface area contributed by atoms with Crippen molar-refractivity contribution >= 4 is 5.91 Å². The number of carbonyl (C=O) groups is 1. The Bertz CT molecular complexity index is 213. The summed E-state index contributed by atoms with van der Waals surface area (Å²) in [6.07, 6.45) is 5.51. The Balaban J connectivity index is 1.86. The summed E-state index contributed by atoms with van der Waals surface area (Å²) >= 11 is 0. The third kappa shape index (κ3) is 1.92. The lowest BCUT2D eigenvalue weighted by atomic mass is 9.83. The number of hydrogen-bond acceptors (Lipinski definition) is 2. The number of piperidine rings is 1. The van der Waals surface area contributed by atoms with Crippen molar-refractivity contribution in [2.75, 3.05) is 19.7 Å². The molecule has 0 radical (unpaired) electrons. The van der Waals surface area contributed by atoms with Crippen LogP contribution >= 0.6 is 0 Å². The highest BCUT2D eigenvalue weighted by Crippen LogP contribution is 2.29. The fourth-order valence-electron chi connectivity index (χ4n) is 2.33. The minimum Gasteiger partial charge on any atom is -0.396 e. The summed E-state index contributed by atoms with van der Waals surface area (Å²) in [5.41, 5.74) is 0. The molecular weight excluding hydrogens is 178 g/mol. The molecule has 1 N–H and O–H groups in total. The standard InChI is InChI=1S/C11H19NO2/c13-8-9-3-2-6-12(7-9)11(14)10-4-1-5-10/h9-10,13H,1-8H2. The lowest BCUT2D eigenvalue weighted by Crippen LogP contribution is -2.45. The highest BCUT2D eigenvalue weighted by atomic mass is 16.3. The van der Waals surface area contributed by atoms with Gasteiger partial charge in [0.25, 0.3) is 0 Å². The van der Waals surface area contributed by atoms with Gasteiger partial charge in [-0.1, -0.05) is 6.42 Å². The second kappa shape index (κ2) is 4.30. The molecule has 3 nitrogen and oxygen atoms in total. The molecular formula is C11H19NO2. The van der Waals surface area contributed by atoms with Crippen molar-refractivity contribution in [3.63, 3.8) is 0 Å². The number of amides is 1. The van der Waals surface area contributed by atoms with E-state index < -0.39 is 0 Å². The average Bonchev–Trinajstić information content (AvgIpc) is 2.15. The molecule has 0 aromatic carbocycles. The molecule has 14 heavy (non-hydrogen) atoms. The molecule has 0 spiro atoms. The van der Waals surface area contributed by atoms with E-state index in [0.29, 0.717) is 17.7 Å². The van der Waals surface area contributed by atoms with Crippen molar-refractivity contribution in [3.05, 3.63) is 0 Å². The van der Waals surface area contributed by atoms with Gasteiger partial charge in [0.15, 0.2) is 0 Å². The van der Waals surface area contributed by atoms with Crippen LogP contribution in [-0.2, 0) is 4.79 Å². The van der Waals surface area contributed by atoms with Gasteiger partial charge < -0.3 is 10.0 Å². The summed E-state index contributed by atoms with van der Waals surface area (Å²) < 4.78 is 0. The van der Waals surface area contributed by atoms with Crippen LogP contribution in [-0.4, -0.2) is 35.6 Å². The number of aliphatic hydroxyl groups is 1. The van der Waals surface area contributed by atoms with Gasteiger partial charge in [-0.25, -0.2) is 0 Å². The van der Waals surface area contributed by atoms with Gasteiger partial charge in [0.1, 0.15) is 0 Å². The highest BCUT2D eigenvalue weighted by molar-refractivity contribution is 5.79. The van der Waals surface area contributed by atoms with Crippen molar-refractivity contribution in [3.8, 4) is 0 Å². The number of nitrogens with zero attached hydrogens (tertiary/aromatic N) is 1. The van der Waals surface area contributed by atoms with Crippen molar-refractivity contribution in [1.29, 1.82) is 0 Å². The average molecular weight is 197 g/mol. The van der Waals surface area contributed by atoms with Crippen LogP contribution in [0.5, 0.6) is 0 Å². The van der Waals surface area contributed by atoms with Crippen LogP contribution in [0.25, 0.3) is 0 Å². The van der Waals surface area contributed by atoms with E-state index in [2.05, 4.69) is 0 Å². The van der Waals surface area contributed by atoms with E-state index in [1.54, 1.807) is 0 Å². The fourth-order valence-corrected chi connectivity index (χ4v) is 2.33. The maximum absolute atomic E-state index is 11.9. The van der Waals surface area contributed by atoms with Crippen molar-refractivity contribution < 1.29 is 9.90 Å². The Morgan fingerprint density at radius 2 is 2.07 bits per heavy atom. The Labute approximate surface area is 85.1 Å². The molecule has 1 aliphatic heterocycles. The topological polar surface area (TPSA) is 40.5 Å². The fraction of sp³-hybridized carbons (Fsp3) is 0.909. The second-order valence-electron chi connectivity index (χ2n) is 4.60. The van der Waals surface area contributed by atoms with Gasteiger partial charge in [0, 0.05) is 25.6 Å². The molecule has 1 aliphatic carbocycles.